The van der Waals surface area contributed by atoms with Crippen molar-refractivity contribution in [3.8, 4) is 11.5 Å². The maximum absolute atomic E-state index is 12.0. The fourth-order valence-corrected chi connectivity index (χ4v) is 3.95. The summed E-state index contributed by atoms with van der Waals surface area (Å²) in [5, 5.41) is 70.8. The zero-order valence-corrected chi connectivity index (χ0v) is 17.9. The Morgan fingerprint density at radius 3 is 2.38 bits per heavy atom. The number of aliphatic hydroxyl groups excluding tert-OH is 6. The lowest BCUT2D eigenvalue weighted by atomic mass is 9.97. The average Bonchev–Trinajstić information content (AvgIpc) is 2.80. The van der Waals surface area contributed by atoms with Crippen molar-refractivity contribution < 1.29 is 59.1 Å². The van der Waals surface area contributed by atoms with E-state index in [1.54, 1.807) is 0 Å². The number of ether oxygens (including phenoxy) is 4. The van der Waals surface area contributed by atoms with Crippen molar-refractivity contribution >= 4 is 11.0 Å². The summed E-state index contributed by atoms with van der Waals surface area (Å²) in [4.78, 5) is 12.0. The number of hydrogen-bond donors (Lipinski definition) is 7. The smallest absolute Gasteiger partial charge is 0.229 e. The molecule has 2 aromatic rings. The predicted octanol–water partition coefficient (Wildman–Crippen LogP) is -2.47. The minimum absolute atomic E-state index is 0.00737. The van der Waals surface area contributed by atoms with Gasteiger partial charge in [0.2, 0.25) is 6.29 Å². The SMILES string of the molecule is C[C@H]1O[C@@H](O[C@@H]2[C@H](Oc3cc(O)c4c(=O)ccoc4c3)O[C@H](CO)[C@@H](O)[C@@H]2O)[C@H](O)[C@H](O)[C@H]1O. The minimum atomic E-state index is -1.72. The fraction of sp³-hybridized carbons (Fsp3) is 0.571. The second-order valence-electron chi connectivity index (χ2n) is 8.21. The molecule has 1 aromatic heterocycles. The molecule has 2 saturated heterocycles. The van der Waals surface area contributed by atoms with Gasteiger partial charge in [-0.1, -0.05) is 0 Å². The Hall–Kier alpha value is -2.33. The molecule has 0 amide bonds. The number of phenols is 1. The highest BCUT2D eigenvalue weighted by atomic mass is 16.8. The highest BCUT2D eigenvalue weighted by Crippen LogP contribution is 2.33. The standard InChI is InChI=1S/C21H26O13/c1-7-14(25)16(27)18(29)20(31-7)34-19-17(28)15(26)12(6-22)33-21(19)32-8-4-10(24)13-9(23)2-3-30-11(13)5-8/h2-5,7,12,14-22,24-29H,6H2,1H3/t7-,12-,14+,15-,16-,17+,18-,19+,20+,21-/m1/s1. The van der Waals surface area contributed by atoms with E-state index in [-0.39, 0.29) is 16.7 Å². The molecule has 0 radical (unpaired) electrons. The van der Waals surface area contributed by atoms with Gasteiger partial charge < -0.3 is 59.1 Å². The van der Waals surface area contributed by atoms with Crippen LogP contribution in [0.1, 0.15) is 6.92 Å². The molecule has 0 unspecified atom stereocenters. The van der Waals surface area contributed by atoms with E-state index in [9.17, 15) is 40.5 Å². The molecular formula is C21H26O13. The molecule has 0 aliphatic carbocycles. The number of aromatic hydroxyl groups is 1. The van der Waals surface area contributed by atoms with Gasteiger partial charge in [-0.25, -0.2) is 0 Å². The lowest BCUT2D eigenvalue weighted by Gasteiger charge is -2.45. The van der Waals surface area contributed by atoms with Crippen LogP contribution in [0.5, 0.6) is 11.5 Å². The van der Waals surface area contributed by atoms with Gasteiger partial charge in [-0.3, -0.25) is 4.79 Å². The lowest BCUT2D eigenvalue weighted by molar-refractivity contribution is -0.354. The van der Waals surface area contributed by atoms with E-state index in [0.29, 0.717) is 0 Å². The van der Waals surface area contributed by atoms with Crippen molar-refractivity contribution in [1.29, 1.82) is 0 Å². The second kappa shape index (κ2) is 9.73. The summed E-state index contributed by atoms with van der Waals surface area (Å²) in [7, 11) is 0. The first-order chi connectivity index (χ1) is 16.1. The Kier molecular flexibility index (Phi) is 7.09. The third-order valence-electron chi connectivity index (χ3n) is 5.89. The normalized spacial score (nSPS) is 38.7. The summed E-state index contributed by atoms with van der Waals surface area (Å²) >= 11 is 0. The van der Waals surface area contributed by atoms with E-state index >= 15 is 0 Å². The van der Waals surface area contributed by atoms with Crippen LogP contribution in [-0.2, 0) is 14.2 Å². The van der Waals surface area contributed by atoms with Gasteiger partial charge in [0.1, 0.15) is 59.1 Å². The summed E-state index contributed by atoms with van der Waals surface area (Å²) in [6, 6.07) is 3.50. The molecule has 188 valence electrons. The monoisotopic (exact) mass is 486 g/mol. The molecular weight excluding hydrogens is 460 g/mol. The number of hydrogen-bond acceptors (Lipinski definition) is 13. The van der Waals surface area contributed by atoms with Crippen LogP contribution in [0.25, 0.3) is 11.0 Å². The number of aliphatic hydroxyl groups is 6. The number of phenolic OH excluding ortho intramolecular Hbond substituents is 1. The van der Waals surface area contributed by atoms with Crippen LogP contribution in [0.4, 0.5) is 0 Å². The average molecular weight is 486 g/mol. The predicted molar refractivity (Wildman–Crippen MR) is 110 cm³/mol. The first-order valence-electron chi connectivity index (χ1n) is 10.5. The fourth-order valence-electron chi connectivity index (χ4n) is 3.95. The largest absolute Gasteiger partial charge is 0.507 e. The highest BCUT2D eigenvalue weighted by molar-refractivity contribution is 5.84. The Morgan fingerprint density at radius 2 is 1.68 bits per heavy atom. The Labute approximate surface area is 191 Å². The van der Waals surface area contributed by atoms with Gasteiger partial charge in [0.15, 0.2) is 17.8 Å². The van der Waals surface area contributed by atoms with Crippen LogP contribution in [0.15, 0.2) is 33.7 Å². The molecule has 13 heteroatoms. The summed E-state index contributed by atoms with van der Waals surface area (Å²) in [5.41, 5.74) is -0.496. The minimum Gasteiger partial charge on any atom is -0.507 e. The van der Waals surface area contributed by atoms with Crippen molar-refractivity contribution in [1.82, 2.24) is 0 Å². The molecule has 4 rings (SSSR count). The zero-order chi connectivity index (χ0) is 24.7. The van der Waals surface area contributed by atoms with Gasteiger partial charge in [0.25, 0.3) is 0 Å². The maximum Gasteiger partial charge on any atom is 0.229 e. The number of fused-ring (bicyclic) bond motifs is 1. The quantitative estimate of drug-likeness (QED) is 0.234. The van der Waals surface area contributed by atoms with Crippen molar-refractivity contribution in [2.24, 2.45) is 0 Å². The van der Waals surface area contributed by atoms with Crippen molar-refractivity contribution in [3.63, 3.8) is 0 Å². The van der Waals surface area contributed by atoms with Crippen molar-refractivity contribution in [2.45, 2.75) is 68.3 Å². The van der Waals surface area contributed by atoms with E-state index in [1.807, 2.05) is 0 Å². The lowest BCUT2D eigenvalue weighted by Crippen LogP contribution is -2.64. The topological polar surface area (TPSA) is 209 Å². The molecule has 3 heterocycles. The molecule has 7 N–H and O–H groups in total. The van der Waals surface area contributed by atoms with Crippen molar-refractivity contribution in [2.75, 3.05) is 6.61 Å². The van der Waals surface area contributed by atoms with E-state index < -0.39 is 79.2 Å². The van der Waals surface area contributed by atoms with Gasteiger partial charge in [0, 0.05) is 18.2 Å². The molecule has 10 atom stereocenters. The van der Waals surface area contributed by atoms with Crippen LogP contribution in [0, 0.1) is 0 Å². The molecule has 2 fully saturated rings. The Bertz CT molecular complexity index is 1060. The summed E-state index contributed by atoms with van der Waals surface area (Å²) < 4.78 is 27.5. The first kappa shape index (κ1) is 24.8. The first-order valence-corrected chi connectivity index (χ1v) is 10.5. The van der Waals surface area contributed by atoms with Crippen LogP contribution >= 0.6 is 0 Å². The van der Waals surface area contributed by atoms with Crippen LogP contribution in [0.3, 0.4) is 0 Å². The molecule has 1 aromatic carbocycles. The molecule has 0 bridgehead atoms. The van der Waals surface area contributed by atoms with E-state index in [4.69, 9.17) is 23.4 Å². The molecule has 2 aliphatic heterocycles. The molecule has 2 aliphatic rings. The summed E-state index contributed by atoms with van der Waals surface area (Å²) in [6.45, 7) is 0.743. The molecule has 34 heavy (non-hydrogen) atoms. The third kappa shape index (κ3) is 4.49. The van der Waals surface area contributed by atoms with Gasteiger partial charge >= 0.3 is 0 Å². The van der Waals surface area contributed by atoms with Gasteiger partial charge in [-0.15, -0.1) is 0 Å². The van der Waals surface area contributed by atoms with Crippen LogP contribution < -0.4 is 10.2 Å². The molecule has 0 spiro atoms. The number of rotatable bonds is 5. The van der Waals surface area contributed by atoms with E-state index in [0.717, 1.165) is 18.4 Å². The van der Waals surface area contributed by atoms with E-state index in [1.165, 1.54) is 13.0 Å². The van der Waals surface area contributed by atoms with Crippen LogP contribution in [-0.4, -0.2) is 104 Å². The second-order valence-corrected chi connectivity index (χ2v) is 8.21. The molecule has 13 nitrogen and oxygen atoms in total. The van der Waals surface area contributed by atoms with Crippen LogP contribution in [0.2, 0.25) is 0 Å². The highest BCUT2D eigenvalue weighted by Gasteiger charge is 2.50. The van der Waals surface area contributed by atoms with Gasteiger partial charge in [-0.2, -0.15) is 0 Å². The summed E-state index contributed by atoms with van der Waals surface area (Å²) in [5.74, 6) is -0.529. The molecule has 0 saturated carbocycles. The van der Waals surface area contributed by atoms with Crippen molar-refractivity contribution in [3.05, 3.63) is 34.7 Å². The Morgan fingerprint density at radius 1 is 0.941 bits per heavy atom. The Balaban J connectivity index is 1.63. The third-order valence-corrected chi connectivity index (χ3v) is 5.89. The summed E-state index contributed by atoms with van der Waals surface area (Å²) in [6.07, 6.45) is -13.8. The van der Waals surface area contributed by atoms with Gasteiger partial charge in [-0.05, 0) is 6.92 Å². The van der Waals surface area contributed by atoms with Gasteiger partial charge in [0.05, 0.1) is 19.0 Å². The maximum atomic E-state index is 12.0. The zero-order valence-electron chi connectivity index (χ0n) is 17.9. The number of benzene rings is 1. The van der Waals surface area contributed by atoms with E-state index in [2.05, 4.69) is 0 Å².